The molecule has 0 saturated carbocycles. The Bertz CT molecular complexity index is 801. The van der Waals surface area contributed by atoms with E-state index >= 15 is 0 Å². The number of rotatable bonds is 7. The third-order valence-corrected chi connectivity index (χ3v) is 4.18. The Balaban J connectivity index is 1.52. The first-order valence-corrected chi connectivity index (χ1v) is 8.80. The number of nitrogens with one attached hydrogen (secondary N) is 2. The van der Waals surface area contributed by atoms with Gasteiger partial charge in [-0.25, -0.2) is 9.97 Å². The van der Waals surface area contributed by atoms with E-state index in [1.165, 1.54) is 11.8 Å². The van der Waals surface area contributed by atoms with E-state index < -0.39 is 0 Å². The minimum atomic E-state index is -0.0925. The van der Waals surface area contributed by atoms with E-state index in [9.17, 15) is 4.79 Å². The van der Waals surface area contributed by atoms with Crippen LogP contribution in [0.2, 0.25) is 0 Å². The molecule has 2 N–H and O–H groups in total. The van der Waals surface area contributed by atoms with Gasteiger partial charge in [0.1, 0.15) is 11.5 Å². The van der Waals surface area contributed by atoms with Gasteiger partial charge in [-0.3, -0.25) is 4.79 Å². The second-order valence-electron chi connectivity index (χ2n) is 5.03. The van der Waals surface area contributed by atoms with Crippen molar-refractivity contribution in [2.24, 2.45) is 0 Å². The molecule has 0 aliphatic carbocycles. The minimum Gasteiger partial charge on any atom is -0.476 e. The van der Waals surface area contributed by atoms with Gasteiger partial charge in [0.05, 0.1) is 29.1 Å². The molecule has 0 radical (unpaired) electrons. The van der Waals surface area contributed by atoms with Gasteiger partial charge in [-0.05, 0) is 31.2 Å². The van der Waals surface area contributed by atoms with Crippen LogP contribution in [0.1, 0.15) is 12.7 Å². The number of thioether (sulfide) groups is 1. The van der Waals surface area contributed by atoms with Crippen molar-refractivity contribution in [1.29, 1.82) is 0 Å². The number of para-hydroxylation sites is 2. The quantitative estimate of drug-likeness (QED) is 0.689. The van der Waals surface area contributed by atoms with Crippen molar-refractivity contribution in [3.8, 4) is 5.88 Å². The average Bonchev–Trinajstić information content (AvgIpc) is 2.99. The van der Waals surface area contributed by atoms with E-state index in [0.717, 1.165) is 16.9 Å². The number of aromatic amines is 1. The van der Waals surface area contributed by atoms with Crippen LogP contribution >= 0.6 is 11.8 Å². The van der Waals surface area contributed by atoms with Gasteiger partial charge >= 0.3 is 0 Å². The number of hydrogen-bond acceptors (Lipinski definition) is 5. The molecule has 3 rings (SSSR count). The van der Waals surface area contributed by atoms with Gasteiger partial charge in [0, 0.05) is 6.20 Å². The lowest BCUT2D eigenvalue weighted by molar-refractivity contribution is -0.113. The maximum absolute atomic E-state index is 12.1. The molecule has 124 valence electrons. The second kappa shape index (κ2) is 7.83. The zero-order chi connectivity index (χ0) is 16.8. The molecular formula is C17H18N4O2S. The molecule has 24 heavy (non-hydrogen) atoms. The van der Waals surface area contributed by atoms with Gasteiger partial charge in [0.2, 0.25) is 11.8 Å². The Morgan fingerprint density at radius 2 is 2.17 bits per heavy atom. The van der Waals surface area contributed by atoms with Crippen molar-refractivity contribution in [3.63, 3.8) is 0 Å². The SMILES string of the molecule is CCOc1ncccc1NC(=O)CSCc1nc2ccccc2[nH]1. The molecule has 0 saturated heterocycles. The highest BCUT2D eigenvalue weighted by Crippen LogP contribution is 2.21. The predicted octanol–water partition coefficient (Wildman–Crippen LogP) is 3.23. The lowest BCUT2D eigenvalue weighted by atomic mass is 10.3. The number of nitrogens with zero attached hydrogens (tertiary/aromatic N) is 2. The number of aromatic nitrogens is 3. The van der Waals surface area contributed by atoms with Crippen LogP contribution in [0, 0.1) is 0 Å². The molecular weight excluding hydrogens is 324 g/mol. The standard InChI is InChI=1S/C17H18N4O2S/c1-2-23-17-14(8-5-9-18-17)21-16(22)11-24-10-15-19-12-6-3-4-7-13(12)20-15/h3-9H,2,10-11H2,1H3,(H,19,20)(H,21,22). The number of carbonyl (C=O) groups is 1. The number of anilines is 1. The summed E-state index contributed by atoms with van der Waals surface area (Å²) in [6.45, 7) is 2.38. The first-order valence-electron chi connectivity index (χ1n) is 7.65. The van der Waals surface area contributed by atoms with Crippen molar-refractivity contribution in [2.75, 3.05) is 17.7 Å². The number of fused-ring (bicyclic) bond motifs is 1. The van der Waals surface area contributed by atoms with E-state index in [4.69, 9.17) is 4.74 Å². The van der Waals surface area contributed by atoms with Gasteiger partial charge in [-0.15, -0.1) is 11.8 Å². The topological polar surface area (TPSA) is 79.9 Å². The van der Waals surface area contributed by atoms with Crippen molar-refractivity contribution >= 4 is 34.4 Å². The number of hydrogen-bond donors (Lipinski definition) is 2. The summed E-state index contributed by atoms with van der Waals surface area (Å²) in [5, 5.41) is 2.83. The van der Waals surface area contributed by atoms with E-state index in [1.807, 2.05) is 31.2 Å². The fourth-order valence-electron chi connectivity index (χ4n) is 2.24. The van der Waals surface area contributed by atoms with Crippen molar-refractivity contribution < 1.29 is 9.53 Å². The van der Waals surface area contributed by atoms with Crippen LogP contribution in [-0.4, -0.2) is 33.2 Å². The fourth-order valence-corrected chi connectivity index (χ4v) is 2.93. The van der Waals surface area contributed by atoms with Crippen LogP contribution in [0.3, 0.4) is 0 Å². The summed E-state index contributed by atoms with van der Waals surface area (Å²) in [6, 6.07) is 11.4. The highest BCUT2D eigenvalue weighted by Gasteiger charge is 2.09. The lowest BCUT2D eigenvalue weighted by Gasteiger charge is -2.09. The number of amides is 1. The van der Waals surface area contributed by atoms with Gasteiger partial charge in [0.15, 0.2) is 0 Å². The summed E-state index contributed by atoms with van der Waals surface area (Å²) in [5.74, 6) is 2.19. The molecule has 0 aliphatic rings. The van der Waals surface area contributed by atoms with Gasteiger partial charge in [0.25, 0.3) is 0 Å². The molecule has 3 aromatic rings. The first-order chi connectivity index (χ1) is 11.8. The fraction of sp³-hybridized carbons (Fsp3) is 0.235. The third kappa shape index (κ3) is 4.05. The summed E-state index contributed by atoms with van der Waals surface area (Å²) < 4.78 is 5.40. The Labute approximate surface area is 144 Å². The lowest BCUT2D eigenvalue weighted by Crippen LogP contribution is -2.15. The summed E-state index contributed by atoms with van der Waals surface area (Å²) >= 11 is 1.50. The molecule has 0 fully saturated rings. The molecule has 0 aliphatic heterocycles. The van der Waals surface area contributed by atoms with Crippen LogP contribution in [0.5, 0.6) is 5.88 Å². The Morgan fingerprint density at radius 1 is 1.29 bits per heavy atom. The van der Waals surface area contributed by atoms with Crippen LogP contribution in [0.25, 0.3) is 11.0 Å². The number of carbonyl (C=O) groups excluding carboxylic acids is 1. The molecule has 0 unspecified atom stereocenters. The minimum absolute atomic E-state index is 0.0925. The van der Waals surface area contributed by atoms with Crippen molar-refractivity contribution in [2.45, 2.75) is 12.7 Å². The summed E-state index contributed by atoms with van der Waals surface area (Å²) in [5.41, 5.74) is 2.54. The Morgan fingerprint density at radius 3 is 3.00 bits per heavy atom. The largest absolute Gasteiger partial charge is 0.476 e. The van der Waals surface area contributed by atoms with Crippen molar-refractivity contribution in [3.05, 3.63) is 48.4 Å². The van der Waals surface area contributed by atoms with Crippen molar-refractivity contribution in [1.82, 2.24) is 15.0 Å². The van der Waals surface area contributed by atoms with Gasteiger partial charge in [-0.2, -0.15) is 0 Å². The molecule has 0 atom stereocenters. The number of benzene rings is 1. The number of ether oxygens (including phenoxy) is 1. The van der Waals surface area contributed by atoms with E-state index in [2.05, 4.69) is 20.3 Å². The summed E-state index contributed by atoms with van der Waals surface area (Å²) in [7, 11) is 0. The number of imidazole rings is 1. The molecule has 0 bridgehead atoms. The van der Waals surface area contributed by atoms with Crippen LogP contribution in [-0.2, 0) is 10.5 Å². The zero-order valence-corrected chi connectivity index (χ0v) is 14.1. The predicted molar refractivity (Wildman–Crippen MR) is 96.3 cm³/mol. The van der Waals surface area contributed by atoms with Crippen LogP contribution < -0.4 is 10.1 Å². The summed E-state index contributed by atoms with van der Waals surface area (Å²) in [6.07, 6.45) is 1.64. The second-order valence-corrected chi connectivity index (χ2v) is 6.02. The summed E-state index contributed by atoms with van der Waals surface area (Å²) in [4.78, 5) is 23.9. The molecule has 7 heteroatoms. The first kappa shape index (κ1) is 16.3. The molecule has 1 aromatic carbocycles. The monoisotopic (exact) mass is 342 g/mol. The van der Waals surface area contributed by atoms with E-state index in [-0.39, 0.29) is 5.91 Å². The smallest absolute Gasteiger partial charge is 0.237 e. The molecule has 2 heterocycles. The van der Waals surface area contributed by atoms with E-state index in [1.54, 1.807) is 18.3 Å². The Kier molecular flexibility index (Phi) is 5.32. The molecule has 1 amide bonds. The van der Waals surface area contributed by atoms with Gasteiger partial charge in [-0.1, -0.05) is 12.1 Å². The molecule has 6 nitrogen and oxygen atoms in total. The van der Waals surface area contributed by atoms with E-state index in [0.29, 0.717) is 29.7 Å². The average molecular weight is 342 g/mol. The third-order valence-electron chi connectivity index (χ3n) is 3.24. The molecule has 2 aromatic heterocycles. The van der Waals surface area contributed by atoms with Crippen LogP contribution in [0.4, 0.5) is 5.69 Å². The number of H-pyrrole nitrogens is 1. The molecule has 0 spiro atoms. The zero-order valence-electron chi connectivity index (χ0n) is 13.3. The highest BCUT2D eigenvalue weighted by atomic mass is 32.2. The maximum Gasteiger partial charge on any atom is 0.237 e. The Hall–Kier alpha value is -2.54. The maximum atomic E-state index is 12.1. The normalized spacial score (nSPS) is 10.7. The van der Waals surface area contributed by atoms with Gasteiger partial charge < -0.3 is 15.0 Å². The highest BCUT2D eigenvalue weighted by molar-refractivity contribution is 7.99. The van der Waals surface area contributed by atoms with Crippen LogP contribution in [0.15, 0.2) is 42.6 Å². The number of pyridine rings is 1.